The molecule has 0 saturated heterocycles. The molecule has 1 aromatic heterocycles. The Bertz CT molecular complexity index is 442. The Balaban J connectivity index is 1.85. The molecule has 0 amide bonds. The number of aliphatic carboxylic acids is 1. The number of hydrogen-bond acceptors (Lipinski definition) is 5. The van der Waals surface area contributed by atoms with Gasteiger partial charge in [0, 0.05) is 23.1 Å². The third-order valence-electron chi connectivity index (χ3n) is 3.91. The quantitative estimate of drug-likeness (QED) is 0.804. The Morgan fingerprint density at radius 2 is 2.25 bits per heavy atom. The Labute approximate surface area is 128 Å². The standard InChI is InChI=1S/C14H22N2O2S2/c1-19-14(7-3-2-4-8-14)10-15-13-16-11(9-20-13)5-6-12(17)18/h9H,2-8,10H2,1H3,(H,15,16)(H,17,18). The lowest BCUT2D eigenvalue weighted by Crippen LogP contribution is -2.35. The average Bonchev–Trinajstić information content (AvgIpc) is 2.92. The van der Waals surface area contributed by atoms with Crippen LogP contribution in [0.25, 0.3) is 0 Å². The minimum Gasteiger partial charge on any atom is -0.481 e. The highest BCUT2D eigenvalue weighted by Crippen LogP contribution is 2.38. The van der Waals surface area contributed by atoms with Crippen LogP contribution in [0.3, 0.4) is 0 Å². The number of anilines is 1. The molecular formula is C14H22N2O2S2. The molecule has 0 bridgehead atoms. The van der Waals surface area contributed by atoms with Crippen molar-refractivity contribution >= 4 is 34.2 Å². The summed E-state index contributed by atoms with van der Waals surface area (Å²) in [6.07, 6.45) is 9.43. The van der Waals surface area contributed by atoms with Gasteiger partial charge >= 0.3 is 5.97 Å². The van der Waals surface area contributed by atoms with Gasteiger partial charge in [-0.2, -0.15) is 11.8 Å². The summed E-state index contributed by atoms with van der Waals surface area (Å²) in [5.74, 6) is -0.768. The highest BCUT2D eigenvalue weighted by Gasteiger charge is 2.31. The largest absolute Gasteiger partial charge is 0.481 e. The molecule has 112 valence electrons. The maximum absolute atomic E-state index is 10.5. The van der Waals surface area contributed by atoms with E-state index in [1.54, 1.807) is 11.3 Å². The maximum Gasteiger partial charge on any atom is 0.303 e. The zero-order chi connectivity index (χ0) is 14.4. The second-order valence-electron chi connectivity index (χ2n) is 5.34. The van der Waals surface area contributed by atoms with Gasteiger partial charge in [-0.3, -0.25) is 4.79 Å². The van der Waals surface area contributed by atoms with Crippen LogP contribution in [0.15, 0.2) is 5.38 Å². The summed E-state index contributed by atoms with van der Waals surface area (Å²) in [4.78, 5) is 15.0. The number of thioether (sulfide) groups is 1. The third-order valence-corrected chi connectivity index (χ3v) is 6.17. The van der Waals surface area contributed by atoms with Crippen LogP contribution < -0.4 is 5.32 Å². The first-order valence-electron chi connectivity index (χ1n) is 7.09. The lowest BCUT2D eigenvalue weighted by molar-refractivity contribution is -0.136. The van der Waals surface area contributed by atoms with Crippen LogP contribution >= 0.6 is 23.1 Å². The Morgan fingerprint density at radius 1 is 1.50 bits per heavy atom. The molecule has 1 saturated carbocycles. The van der Waals surface area contributed by atoms with Gasteiger partial charge in [-0.25, -0.2) is 4.98 Å². The summed E-state index contributed by atoms with van der Waals surface area (Å²) in [6.45, 7) is 0.958. The maximum atomic E-state index is 10.5. The van der Waals surface area contributed by atoms with E-state index in [1.807, 2.05) is 17.1 Å². The number of nitrogens with zero attached hydrogens (tertiary/aromatic N) is 1. The SMILES string of the molecule is CSC1(CNc2nc(CCC(=O)O)cs2)CCCCC1. The molecule has 1 fully saturated rings. The summed E-state index contributed by atoms with van der Waals surface area (Å²) >= 11 is 3.54. The fourth-order valence-electron chi connectivity index (χ4n) is 2.62. The molecule has 1 aliphatic carbocycles. The van der Waals surface area contributed by atoms with Crippen LogP contribution in [0.5, 0.6) is 0 Å². The number of hydrogen-bond donors (Lipinski definition) is 2. The zero-order valence-corrected chi connectivity index (χ0v) is 13.5. The van der Waals surface area contributed by atoms with Crippen LogP contribution in [0.4, 0.5) is 5.13 Å². The number of aromatic nitrogens is 1. The van der Waals surface area contributed by atoms with Gasteiger partial charge in [0.05, 0.1) is 12.1 Å². The molecule has 0 atom stereocenters. The summed E-state index contributed by atoms with van der Waals surface area (Å²) in [5, 5.41) is 15.0. The van der Waals surface area contributed by atoms with Crippen molar-refractivity contribution in [1.29, 1.82) is 0 Å². The Hall–Kier alpha value is -0.750. The van der Waals surface area contributed by atoms with Gasteiger partial charge in [0.1, 0.15) is 0 Å². The van der Waals surface area contributed by atoms with Crippen molar-refractivity contribution in [2.45, 2.75) is 49.7 Å². The molecule has 0 unspecified atom stereocenters. The van der Waals surface area contributed by atoms with Gasteiger partial charge in [0.2, 0.25) is 0 Å². The predicted molar refractivity (Wildman–Crippen MR) is 85.9 cm³/mol. The summed E-state index contributed by atoms with van der Waals surface area (Å²) in [5.41, 5.74) is 0.877. The predicted octanol–water partition coefficient (Wildman–Crippen LogP) is 3.64. The smallest absolute Gasteiger partial charge is 0.303 e. The van der Waals surface area contributed by atoms with E-state index in [-0.39, 0.29) is 6.42 Å². The Morgan fingerprint density at radius 3 is 2.90 bits per heavy atom. The fourth-order valence-corrected chi connectivity index (χ4v) is 4.28. The topological polar surface area (TPSA) is 62.2 Å². The summed E-state index contributed by atoms with van der Waals surface area (Å²) in [6, 6.07) is 0. The third kappa shape index (κ3) is 4.38. The van der Waals surface area contributed by atoms with Crippen molar-refractivity contribution in [2.75, 3.05) is 18.1 Å². The van der Waals surface area contributed by atoms with Crippen LogP contribution in [0, 0.1) is 0 Å². The highest BCUT2D eigenvalue weighted by atomic mass is 32.2. The van der Waals surface area contributed by atoms with Gasteiger partial charge in [0.25, 0.3) is 0 Å². The van der Waals surface area contributed by atoms with Crippen molar-refractivity contribution in [1.82, 2.24) is 4.98 Å². The van der Waals surface area contributed by atoms with Crippen LogP contribution in [0.2, 0.25) is 0 Å². The molecule has 1 aliphatic rings. The van der Waals surface area contributed by atoms with Gasteiger partial charge in [-0.1, -0.05) is 19.3 Å². The molecule has 1 heterocycles. The second kappa shape index (κ2) is 7.31. The molecule has 6 heteroatoms. The Kier molecular flexibility index (Phi) is 5.72. The summed E-state index contributed by atoms with van der Waals surface area (Å²) < 4.78 is 0.352. The number of carbonyl (C=O) groups is 1. The van der Waals surface area contributed by atoms with Crippen molar-refractivity contribution in [3.05, 3.63) is 11.1 Å². The van der Waals surface area contributed by atoms with Crippen LogP contribution in [0.1, 0.15) is 44.2 Å². The van der Waals surface area contributed by atoms with E-state index in [0.29, 0.717) is 11.2 Å². The van der Waals surface area contributed by atoms with Gasteiger partial charge < -0.3 is 10.4 Å². The lowest BCUT2D eigenvalue weighted by Gasteiger charge is -2.35. The van der Waals surface area contributed by atoms with E-state index in [2.05, 4.69) is 16.6 Å². The van der Waals surface area contributed by atoms with Crippen molar-refractivity contribution < 1.29 is 9.90 Å². The van der Waals surface area contributed by atoms with Gasteiger partial charge in [-0.15, -0.1) is 11.3 Å². The molecular weight excluding hydrogens is 292 g/mol. The molecule has 0 spiro atoms. The van der Waals surface area contributed by atoms with E-state index >= 15 is 0 Å². The van der Waals surface area contributed by atoms with E-state index in [0.717, 1.165) is 17.4 Å². The molecule has 2 N–H and O–H groups in total. The first-order chi connectivity index (χ1) is 9.63. The normalized spacial score (nSPS) is 17.9. The van der Waals surface area contributed by atoms with Crippen molar-refractivity contribution in [2.24, 2.45) is 0 Å². The van der Waals surface area contributed by atoms with Crippen molar-refractivity contribution in [3.63, 3.8) is 0 Å². The first-order valence-corrected chi connectivity index (χ1v) is 9.19. The van der Waals surface area contributed by atoms with E-state index in [1.165, 1.54) is 32.1 Å². The molecule has 2 rings (SSSR count). The molecule has 1 aromatic rings. The zero-order valence-electron chi connectivity index (χ0n) is 11.9. The highest BCUT2D eigenvalue weighted by molar-refractivity contribution is 8.00. The van der Waals surface area contributed by atoms with Crippen LogP contribution in [-0.2, 0) is 11.2 Å². The number of thiazole rings is 1. The monoisotopic (exact) mass is 314 g/mol. The molecule has 0 aromatic carbocycles. The van der Waals surface area contributed by atoms with Gasteiger partial charge in [-0.05, 0) is 19.1 Å². The number of rotatable bonds is 7. The minimum absolute atomic E-state index is 0.151. The van der Waals surface area contributed by atoms with Crippen LogP contribution in [-0.4, -0.2) is 33.6 Å². The minimum atomic E-state index is -0.768. The molecule has 20 heavy (non-hydrogen) atoms. The van der Waals surface area contributed by atoms with Crippen molar-refractivity contribution in [3.8, 4) is 0 Å². The summed E-state index contributed by atoms with van der Waals surface area (Å²) in [7, 11) is 0. The number of carboxylic acid groups (broad SMARTS) is 1. The van der Waals surface area contributed by atoms with E-state index in [9.17, 15) is 4.79 Å². The molecule has 0 aliphatic heterocycles. The second-order valence-corrected chi connectivity index (χ2v) is 7.47. The van der Waals surface area contributed by atoms with Gasteiger partial charge in [0.15, 0.2) is 5.13 Å². The molecule has 4 nitrogen and oxygen atoms in total. The average molecular weight is 314 g/mol. The fraction of sp³-hybridized carbons (Fsp3) is 0.714. The van der Waals surface area contributed by atoms with E-state index < -0.39 is 5.97 Å². The number of aryl methyl sites for hydroxylation is 1. The molecule has 0 radical (unpaired) electrons. The number of nitrogens with one attached hydrogen (secondary N) is 1. The first kappa shape index (κ1) is 15.6. The van der Waals surface area contributed by atoms with E-state index in [4.69, 9.17) is 5.11 Å². The number of carboxylic acids is 1. The lowest BCUT2D eigenvalue weighted by atomic mass is 9.88.